The molecule has 220 valence electrons. The molecule has 10 heteroatoms. The Morgan fingerprint density at radius 1 is 1.12 bits per heavy atom. The van der Waals surface area contributed by atoms with Crippen molar-refractivity contribution in [3.8, 4) is 28.8 Å². The Morgan fingerprint density at radius 2 is 1.84 bits per heavy atom. The Labute approximate surface area is 251 Å². The number of nitriles is 1. The lowest BCUT2D eigenvalue weighted by molar-refractivity contribution is -0.129. The van der Waals surface area contributed by atoms with Crippen molar-refractivity contribution < 1.29 is 14.3 Å². The molecule has 0 spiro atoms. The summed E-state index contributed by atoms with van der Waals surface area (Å²) >= 11 is 0. The zero-order valence-electron chi connectivity index (χ0n) is 24.4. The molecule has 43 heavy (non-hydrogen) atoms. The summed E-state index contributed by atoms with van der Waals surface area (Å²) in [6, 6.07) is 19.3. The second-order valence-electron chi connectivity index (χ2n) is 11.5. The van der Waals surface area contributed by atoms with E-state index in [1.807, 2.05) is 78.3 Å². The molecule has 1 amide bonds. The maximum Gasteiger partial charge on any atom is 0.264 e. The molecule has 1 atom stereocenters. The average Bonchev–Trinajstić information content (AvgIpc) is 3.42. The van der Waals surface area contributed by atoms with Crippen LogP contribution in [0.1, 0.15) is 31.6 Å². The number of para-hydroxylation sites is 1. The van der Waals surface area contributed by atoms with Crippen LogP contribution in [0, 0.1) is 16.7 Å². The molecule has 2 aromatic carbocycles. The number of fused-ring (bicyclic) bond motifs is 1. The number of aromatic nitrogens is 3. The van der Waals surface area contributed by atoms with Crippen LogP contribution in [0.2, 0.25) is 0 Å². The van der Waals surface area contributed by atoms with E-state index in [0.29, 0.717) is 55.6 Å². The Bertz CT molecular complexity index is 1690. The molecule has 2 saturated heterocycles. The molecule has 6 rings (SSSR count). The fourth-order valence-electron chi connectivity index (χ4n) is 5.81. The molecule has 2 aliphatic heterocycles. The zero-order valence-corrected chi connectivity index (χ0v) is 24.4. The first kappa shape index (κ1) is 28.4. The number of hydrogen-bond acceptors (Lipinski definition) is 8. The van der Waals surface area contributed by atoms with E-state index in [2.05, 4.69) is 22.9 Å². The number of rotatable bonds is 6. The van der Waals surface area contributed by atoms with Crippen molar-refractivity contribution in [3.63, 3.8) is 0 Å². The normalized spacial score (nSPS) is 19.2. The van der Waals surface area contributed by atoms with Gasteiger partial charge in [0.1, 0.15) is 46.0 Å². The Morgan fingerprint density at radius 3 is 2.56 bits per heavy atom. The minimum Gasteiger partial charge on any atom is -0.457 e. The SMILES string of the molecule is CN1CCN(C(=O)/C(C#N)=C/C2(C)CCOCC2)C[C@@H]1c1nc(-c2ccc(Oc3ccccc3)cc2)c2c(N)nccn12. The van der Waals surface area contributed by atoms with Crippen molar-refractivity contribution in [1.29, 1.82) is 5.26 Å². The van der Waals surface area contributed by atoms with Crippen LogP contribution in [0.25, 0.3) is 16.8 Å². The molecule has 4 aromatic rings. The molecular formula is C33H35N7O3. The van der Waals surface area contributed by atoms with Crippen LogP contribution in [0.5, 0.6) is 11.5 Å². The predicted molar refractivity (Wildman–Crippen MR) is 163 cm³/mol. The predicted octanol–water partition coefficient (Wildman–Crippen LogP) is 4.85. The number of nitrogens with two attached hydrogens (primary N) is 1. The molecule has 10 nitrogen and oxygen atoms in total. The van der Waals surface area contributed by atoms with Crippen LogP contribution in [0.4, 0.5) is 5.82 Å². The van der Waals surface area contributed by atoms with Crippen LogP contribution >= 0.6 is 0 Å². The summed E-state index contributed by atoms with van der Waals surface area (Å²) in [5.74, 6) is 2.34. The molecular weight excluding hydrogens is 542 g/mol. The van der Waals surface area contributed by atoms with Gasteiger partial charge in [0.25, 0.3) is 5.91 Å². The van der Waals surface area contributed by atoms with Gasteiger partial charge >= 0.3 is 0 Å². The summed E-state index contributed by atoms with van der Waals surface area (Å²) in [7, 11) is 2.03. The number of nitrogen functional groups attached to an aromatic ring is 1. The number of likely N-dealkylation sites (N-methyl/N-ethyl adjacent to an activating group) is 1. The van der Waals surface area contributed by atoms with Gasteiger partial charge in [-0.15, -0.1) is 0 Å². The first-order valence-electron chi connectivity index (χ1n) is 14.5. The third kappa shape index (κ3) is 5.82. The van der Waals surface area contributed by atoms with E-state index in [-0.39, 0.29) is 22.9 Å². The summed E-state index contributed by atoms with van der Waals surface area (Å²) in [5.41, 5.74) is 8.65. The van der Waals surface area contributed by atoms with Gasteiger partial charge in [-0.2, -0.15) is 5.26 Å². The van der Waals surface area contributed by atoms with Crippen LogP contribution in [-0.2, 0) is 9.53 Å². The highest BCUT2D eigenvalue weighted by Gasteiger charge is 2.35. The second kappa shape index (κ2) is 11.9. The van der Waals surface area contributed by atoms with E-state index in [9.17, 15) is 10.1 Å². The van der Waals surface area contributed by atoms with E-state index in [0.717, 1.165) is 30.0 Å². The van der Waals surface area contributed by atoms with Crippen LogP contribution in [0.3, 0.4) is 0 Å². The number of carbonyl (C=O) groups excluding carboxylic acids is 1. The van der Waals surface area contributed by atoms with Crippen molar-refractivity contribution in [2.45, 2.75) is 25.8 Å². The van der Waals surface area contributed by atoms with Crippen molar-refractivity contribution in [2.24, 2.45) is 5.41 Å². The number of hydrogen-bond donors (Lipinski definition) is 1. The lowest BCUT2D eigenvalue weighted by Crippen LogP contribution is -2.50. The van der Waals surface area contributed by atoms with Crippen LogP contribution < -0.4 is 10.5 Å². The molecule has 2 aliphatic rings. The summed E-state index contributed by atoms with van der Waals surface area (Å²) < 4.78 is 13.4. The number of carbonyl (C=O) groups is 1. The average molecular weight is 578 g/mol. The van der Waals surface area contributed by atoms with Crippen LogP contribution in [0.15, 0.2) is 78.6 Å². The number of allylic oxidation sites excluding steroid dienone is 1. The molecule has 2 N–H and O–H groups in total. The van der Waals surface area contributed by atoms with E-state index in [4.69, 9.17) is 20.2 Å². The van der Waals surface area contributed by atoms with Crippen molar-refractivity contribution in [1.82, 2.24) is 24.2 Å². The lowest BCUT2D eigenvalue weighted by Gasteiger charge is -2.39. The lowest BCUT2D eigenvalue weighted by atomic mass is 9.81. The highest BCUT2D eigenvalue weighted by atomic mass is 16.5. The van der Waals surface area contributed by atoms with Gasteiger partial charge in [-0.05, 0) is 61.7 Å². The van der Waals surface area contributed by atoms with E-state index >= 15 is 0 Å². The van der Waals surface area contributed by atoms with Gasteiger partial charge < -0.3 is 20.1 Å². The number of nitrogens with zero attached hydrogens (tertiary/aromatic N) is 6. The van der Waals surface area contributed by atoms with Crippen molar-refractivity contribution in [2.75, 3.05) is 45.6 Å². The summed E-state index contributed by atoms with van der Waals surface area (Å²) in [6.07, 6.45) is 6.94. The zero-order chi connectivity index (χ0) is 30.0. The number of anilines is 1. The van der Waals surface area contributed by atoms with E-state index in [1.54, 1.807) is 11.1 Å². The fraction of sp³-hybridized carbons (Fsp3) is 0.333. The summed E-state index contributed by atoms with van der Waals surface area (Å²) in [6.45, 7) is 4.89. The Balaban J connectivity index is 1.30. The van der Waals surface area contributed by atoms with Crippen LogP contribution in [-0.4, -0.2) is 70.0 Å². The smallest absolute Gasteiger partial charge is 0.264 e. The highest BCUT2D eigenvalue weighted by Crippen LogP contribution is 2.35. The number of imidazole rings is 1. The Kier molecular flexibility index (Phi) is 7.84. The number of benzene rings is 2. The molecule has 0 bridgehead atoms. The summed E-state index contributed by atoms with van der Waals surface area (Å²) in [4.78, 5) is 27.1. The largest absolute Gasteiger partial charge is 0.457 e. The highest BCUT2D eigenvalue weighted by molar-refractivity contribution is 5.97. The number of amides is 1. The molecule has 0 saturated carbocycles. The molecule has 2 aromatic heterocycles. The third-order valence-corrected chi connectivity index (χ3v) is 8.43. The molecule has 2 fully saturated rings. The maximum atomic E-state index is 13.7. The topological polar surface area (TPSA) is 122 Å². The first-order chi connectivity index (χ1) is 20.8. The standard InChI is InChI=1S/C33H35N7O3/c1-33(12-18-42-19-13-33)20-24(21-34)32(41)39-17-16-38(2)27(22-39)31-37-28(29-30(35)36-14-15-40(29)31)23-8-10-26(11-9-23)43-25-6-4-3-5-7-25/h3-11,14-15,20,27H,12-13,16-19,22H2,1-2H3,(H2,35,36)/b24-20+/t27-/m1/s1. The minimum atomic E-state index is -0.246. The quantitative estimate of drug-likeness (QED) is 0.255. The van der Waals surface area contributed by atoms with Crippen molar-refractivity contribution >= 4 is 17.2 Å². The van der Waals surface area contributed by atoms with Gasteiger partial charge in [-0.3, -0.25) is 14.1 Å². The molecule has 0 unspecified atom stereocenters. The first-order valence-corrected chi connectivity index (χ1v) is 14.5. The minimum absolute atomic E-state index is 0.188. The van der Waals surface area contributed by atoms with Crippen molar-refractivity contribution in [3.05, 3.63) is 84.5 Å². The number of ether oxygens (including phenoxy) is 2. The van der Waals surface area contributed by atoms with E-state index < -0.39 is 0 Å². The van der Waals surface area contributed by atoms with Gasteiger partial charge in [0.2, 0.25) is 0 Å². The van der Waals surface area contributed by atoms with Gasteiger partial charge in [0, 0.05) is 50.8 Å². The van der Waals surface area contributed by atoms with Gasteiger partial charge in [-0.25, -0.2) is 9.97 Å². The third-order valence-electron chi connectivity index (χ3n) is 8.43. The fourth-order valence-corrected chi connectivity index (χ4v) is 5.81. The maximum absolute atomic E-state index is 13.7. The molecule has 0 radical (unpaired) electrons. The molecule has 0 aliphatic carbocycles. The number of piperazine rings is 1. The Hall–Kier alpha value is -4.72. The van der Waals surface area contributed by atoms with Gasteiger partial charge in [0.15, 0.2) is 0 Å². The van der Waals surface area contributed by atoms with Gasteiger partial charge in [-0.1, -0.05) is 31.2 Å². The summed E-state index contributed by atoms with van der Waals surface area (Å²) in [5, 5.41) is 9.96. The molecule has 4 heterocycles. The second-order valence-corrected chi connectivity index (χ2v) is 11.5. The van der Waals surface area contributed by atoms with E-state index in [1.165, 1.54) is 0 Å². The van der Waals surface area contributed by atoms with Gasteiger partial charge in [0.05, 0.1) is 6.04 Å². The monoisotopic (exact) mass is 577 g/mol.